The molecule has 0 spiro atoms. The number of benzene rings is 2. The van der Waals surface area contributed by atoms with Crippen molar-refractivity contribution in [3.05, 3.63) is 65.9 Å². The number of aryl methyl sites for hydroxylation is 1. The Morgan fingerprint density at radius 1 is 0.935 bits per heavy atom. The number of nitrogens with zero attached hydrogens (tertiary/aromatic N) is 4. The quantitative estimate of drug-likeness (QED) is 0.655. The molecule has 2 aliphatic rings. The van der Waals surface area contributed by atoms with Crippen LogP contribution in [0, 0.1) is 5.92 Å². The van der Waals surface area contributed by atoms with E-state index < -0.39 is 0 Å². The maximum atomic E-state index is 13.4. The number of amides is 2. The predicted molar refractivity (Wildman–Crippen MR) is 120 cm³/mol. The summed E-state index contributed by atoms with van der Waals surface area (Å²) in [6, 6.07) is 17.8. The van der Waals surface area contributed by atoms with Gasteiger partial charge in [-0.15, -0.1) is 0 Å². The summed E-state index contributed by atoms with van der Waals surface area (Å²) in [5.41, 5.74) is 2.68. The molecule has 6 heteroatoms. The van der Waals surface area contributed by atoms with E-state index in [1.165, 1.54) is 0 Å². The van der Waals surface area contributed by atoms with Crippen LogP contribution in [0.5, 0.6) is 0 Å². The lowest BCUT2D eigenvalue weighted by Crippen LogP contribution is -2.43. The van der Waals surface area contributed by atoms with Crippen molar-refractivity contribution in [2.24, 2.45) is 5.92 Å². The molecule has 0 radical (unpaired) electrons. The Kier molecular flexibility index (Phi) is 5.45. The summed E-state index contributed by atoms with van der Waals surface area (Å²) >= 11 is 0. The van der Waals surface area contributed by atoms with Crippen LogP contribution in [-0.2, 0) is 17.8 Å². The number of hydrogen-bond acceptors (Lipinski definition) is 3. The highest BCUT2D eigenvalue weighted by molar-refractivity contribution is 6.05. The first-order valence-corrected chi connectivity index (χ1v) is 11.3. The second kappa shape index (κ2) is 8.53. The van der Waals surface area contributed by atoms with Crippen molar-refractivity contribution in [2.75, 3.05) is 26.2 Å². The number of hydrogen-bond donors (Lipinski definition) is 0. The van der Waals surface area contributed by atoms with Gasteiger partial charge in [-0.1, -0.05) is 48.5 Å². The lowest BCUT2D eigenvalue weighted by molar-refractivity contribution is -0.131. The molecule has 5 rings (SSSR count). The smallest absolute Gasteiger partial charge is 0.272 e. The fourth-order valence-corrected chi connectivity index (χ4v) is 4.86. The van der Waals surface area contributed by atoms with Crippen LogP contribution in [0.25, 0.3) is 10.9 Å². The molecule has 160 valence electrons. The lowest BCUT2D eigenvalue weighted by atomic mass is 9.95. The molecule has 3 aromatic rings. The van der Waals surface area contributed by atoms with Gasteiger partial charge >= 0.3 is 0 Å². The molecule has 6 nitrogen and oxygen atoms in total. The van der Waals surface area contributed by atoms with E-state index in [-0.39, 0.29) is 11.8 Å². The zero-order valence-electron chi connectivity index (χ0n) is 17.7. The molecule has 1 saturated heterocycles. The zero-order valence-corrected chi connectivity index (χ0v) is 17.7. The number of likely N-dealkylation sites (tertiary alicyclic amines) is 1. The molecular weight excluding hydrogens is 388 g/mol. The minimum absolute atomic E-state index is 0.0915. The normalized spacial score (nSPS) is 17.6. The van der Waals surface area contributed by atoms with Crippen LogP contribution in [0.2, 0.25) is 0 Å². The summed E-state index contributed by atoms with van der Waals surface area (Å²) in [5, 5.41) is 5.58. The largest absolute Gasteiger partial charge is 0.342 e. The van der Waals surface area contributed by atoms with E-state index in [0.29, 0.717) is 12.3 Å². The van der Waals surface area contributed by atoms with E-state index in [1.807, 2.05) is 69.1 Å². The molecule has 0 unspecified atom stereocenters. The van der Waals surface area contributed by atoms with E-state index in [0.717, 1.165) is 74.1 Å². The van der Waals surface area contributed by atoms with Crippen molar-refractivity contribution in [2.45, 2.75) is 32.2 Å². The molecule has 2 aliphatic heterocycles. The van der Waals surface area contributed by atoms with Gasteiger partial charge in [0.1, 0.15) is 5.69 Å². The summed E-state index contributed by atoms with van der Waals surface area (Å²) in [7, 11) is 0. The van der Waals surface area contributed by atoms with Crippen molar-refractivity contribution in [3.63, 3.8) is 0 Å². The third-order valence-corrected chi connectivity index (χ3v) is 6.58. The fraction of sp³-hybridized carbons (Fsp3) is 0.400. The highest BCUT2D eigenvalue weighted by atomic mass is 16.2. The molecule has 1 aromatic heterocycles. The van der Waals surface area contributed by atoms with Crippen molar-refractivity contribution in [3.8, 4) is 0 Å². The van der Waals surface area contributed by atoms with Crippen LogP contribution in [-0.4, -0.2) is 57.6 Å². The van der Waals surface area contributed by atoms with Gasteiger partial charge in [0.25, 0.3) is 5.91 Å². The lowest BCUT2D eigenvalue weighted by Gasteiger charge is -2.34. The van der Waals surface area contributed by atoms with Gasteiger partial charge in [0.15, 0.2) is 0 Å². The summed E-state index contributed by atoms with van der Waals surface area (Å²) in [4.78, 5) is 30.0. The molecule has 0 saturated carbocycles. The first-order chi connectivity index (χ1) is 15.2. The second-order valence-corrected chi connectivity index (χ2v) is 8.68. The van der Waals surface area contributed by atoms with Crippen molar-refractivity contribution in [1.82, 2.24) is 19.6 Å². The molecule has 31 heavy (non-hydrogen) atoms. The summed E-state index contributed by atoms with van der Waals surface area (Å²) in [6.07, 6.45) is 3.28. The van der Waals surface area contributed by atoms with E-state index in [2.05, 4.69) is 5.10 Å². The van der Waals surface area contributed by atoms with Crippen LogP contribution in [0.4, 0.5) is 0 Å². The Morgan fingerprint density at radius 3 is 2.48 bits per heavy atom. The van der Waals surface area contributed by atoms with Crippen LogP contribution >= 0.6 is 0 Å². The van der Waals surface area contributed by atoms with Gasteiger partial charge in [-0.2, -0.15) is 5.10 Å². The topological polar surface area (TPSA) is 58.4 Å². The molecular formula is C25H28N4O2. The number of fused-ring (bicyclic) bond motifs is 3. The van der Waals surface area contributed by atoms with E-state index in [9.17, 15) is 9.59 Å². The monoisotopic (exact) mass is 416 g/mol. The number of carbonyl (C=O) groups excluding carboxylic acids is 2. The Labute approximate surface area is 182 Å². The average molecular weight is 417 g/mol. The molecule has 1 fully saturated rings. The third kappa shape index (κ3) is 4.07. The van der Waals surface area contributed by atoms with Crippen LogP contribution in [0.3, 0.4) is 0 Å². The molecule has 2 amide bonds. The number of piperidine rings is 1. The molecule has 0 aliphatic carbocycles. The Bertz CT molecular complexity index is 1080. The van der Waals surface area contributed by atoms with Crippen LogP contribution in [0.1, 0.15) is 35.3 Å². The number of carbonyl (C=O) groups is 2. The van der Waals surface area contributed by atoms with E-state index in [1.54, 1.807) is 0 Å². The van der Waals surface area contributed by atoms with Crippen LogP contribution in [0.15, 0.2) is 54.6 Å². The summed E-state index contributed by atoms with van der Waals surface area (Å²) in [5.74, 6) is 0.727. The van der Waals surface area contributed by atoms with Gasteiger partial charge in [0.05, 0.1) is 11.9 Å². The van der Waals surface area contributed by atoms with Gasteiger partial charge in [0.2, 0.25) is 5.91 Å². The average Bonchev–Trinajstić information content (AvgIpc) is 3.10. The Morgan fingerprint density at radius 2 is 1.68 bits per heavy atom. The van der Waals surface area contributed by atoms with Crippen molar-refractivity contribution in [1.29, 1.82) is 0 Å². The van der Waals surface area contributed by atoms with E-state index >= 15 is 0 Å². The summed E-state index contributed by atoms with van der Waals surface area (Å²) in [6.45, 7) is 3.86. The van der Waals surface area contributed by atoms with Gasteiger partial charge in [-0.05, 0) is 36.8 Å². The standard InChI is InChI=1S/C25H28N4O2/c30-23(17-19-7-2-1-3-8-19)27-15-11-20(12-16-27)18-28-13-6-14-29-24(25(28)31)21-9-4-5-10-22(21)26-29/h1-5,7-10,20H,6,11-18H2. The maximum Gasteiger partial charge on any atom is 0.272 e. The van der Waals surface area contributed by atoms with Gasteiger partial charge in [-0.3, -0.25) is 14.3 Å². The second-order valence-electron chi connectivity index (χ2n) is 8.68. The summed E-state index contributed by atoms with van der Waals surface area (Å²) < 4.78 is 1.89. The molecule has 0 N–H and O–H groups in total. The highest BCUT2D eigenvalue weighted by Gasteiger charge is 2.30. The zero-order chi connectivity index (χ0) is 21.2. The molecule has 0 atom stereocenters. The third-order valence-electron chi connectivity index (χ3n) is 6.58. The van der Waals surface area contributed by atoms with Gasteiger partial charge < -0.3 is 9.80 Å². The number of rotatable bonds is 4. The highest BCUT2D eigenvalue weighted by Crippen LogP contribution is 2.25. The van der Waals surface area contributed by atoms with Crippen LogP contribution < -0.4 is 0 Å². The molecule has 2 aromatic carbocycles. The maximum absolute atomic E-state index is 13.4. The molecule has 3 heterocycles. The first-order valence-electron chi connectivity index (χ1n) is 11.3. The number of aromatic nitrogens is 2. The Balaban J connectivity index is 1.21. The fourth-order valence-electron chi connectivity index (χ4n) is 4.86. The first kappa shape index (κ1) is 19.8. The van der Waals surface area contributed by atoms with Crippen molar-refractivity contribution >= 4 is 22.7 Å². The van der Waals surface area contributed by atoms with Gasteiger partial charge in [-0.25, -0.2) is 0 Å². The van der Waals surface area contributed by atoms with Gasteiger partial charge in [0, 0.05) is 38.1 Å². The SMILES string of the molecule is O=C(Cc1ccccc1)N1CCC(CN2CCCn3nc4ccccc4c3C2=O)CC1. The minimum atomic E-state index is 0.0915. The van der Waals surface area contributed by atoms with E-state index in [4.69, 9.17) is 0 Å². The minimum Gasteiger partial charge on any atom is -0.342 e. The predicted octanol–water partition coefficient (Wildman–Crippen LogP) is 3.36. The Hall–Kier alpha value is -3.15. The molecule has 0 bridgehead atoms. The van der Waals surface area contributed by atoms with Crippen molar-refractivity contribution < 1.29 is 9.59 Å².